The minimum atomic E-state index is 0.277. The Bertz CT molecular complexity index is 376. The Morgan fingerprint density at radius 3 is 2.71 bits per heavy atom. The molecule has 4 nitrogen and oxygen atoms in total. The van der Waals surface area contributed by atoms with Gasteiger partial charge in [-0.15, -0.1) is 0 Å². The van der Waals surface area contributed by atoms with E-state index in [0.29, 0.717) is 12.1 Å². The molecule has 0 spiro atoms. The number of likely N-dealkylation sites (tertiary alicyclic amines) is 1. The molecule has 0 radical (unpaired) electrons. The Kier molecular flexibility index (Phi) is 7.50. The first-order valence-corrected chi connectivity index (χ1v) is 9.18. The van der Waals surface area contributed by atoms with Gasteiger partial charge in [0.05, 0.1) is 0 Å². The second kappa shape index (κ2) is 9.41. The summed E-state index contributed by atoms with van der Waals surface area (Å²) in [6.07, 6.45) is 9.11. The first-order valence-electron chi connectivity index (χ1n) is 7.79. The lowest BCUT2D eigenvalue weighted by Gasteiger charge is -2.34. The molecule has 1 aliphatic rings. The zero-order chi connectivity index (χ0) is 14.9. The lowest BCUT2D eigenvalue weighted by molar-refractivity contribution is 0.180. The third-order valence-electron chi connectivity index (χ3n) is 4.06. The third-order valence-corrected chi connectivity index (χ3v) is 4.80. The van der Waals surface area contributed by atoms with Gasteiger partial charge in [-0.2, -0.15) is 11.8 Å². The lowest BCUT2D eigenvalue weighted by Crippen LogP contribution is -2.47. The van der Waals surface area contributed by atoms with Crippen molar-refractivity contribution in [1.29, 1.82) is 0 Å². The molecule has 0 aromatic carbocycles. The molecular formula is C16H27N3OS. The molecule has 118 valence electrons. The van der Waals surface area contributed by atoms with E-state index in [4.69, 9.17) is 5.11 Å². The summed E-state index contributed by atoms with van der Waals surface area (Å²) >= 11 is 1.85. The molecular weight excluding hydrogens is 282 g/mol. The summed E-state index contributed by atoms with van der Waals surface area (Å²) in [7, 11) is 0. The quantitative estimate of drug-likeness (QED) is 0.766. The fraction of sp³-hybridized carbons (Fsp3) is 0.688. The normalized spacial score (nSPS) is 18.8. The highest BCUT2D eigenvalue weighted by molar-refractivity contribution is 7.98. The Labute approximate surface area is 132 Å². The number of aromatic nitrogens is 1. The lowest BCUT2D eigenvalue weighted by atomic mass is 10.0. The standard InChI is InChI=1S/C16H27N3OS/c1-21-13-16(6-11-20)18-15-4-9-19(10-5-15)12-14-2-7-17-8-3-14/h2-3,7-8,15-16,18,20H,4-6,9-13H2,1H3. The first-order chi connectivity index (χ1) is 10.3. The van der Waals surface area contributed by atoms with Gasteiger partial charge in [0.15, 0.2) is 0 Å². The molecule has 0 saturated carbocycles. The smallest absolute Gasteiger partial charge is 0.0446 e. The number of nitrogens with zero attached hydrogens (tertiary/aromatic N) is 2. The summed E-state index contributed by atoms with van der Waals surface area (Å²) in [6.45, 7) is 3.59. The predicted molar refractivity (Wildman–Crippen MR) is 89.5 cm³/mol. The van der Waals surface area contributed by atoms with Crippen molar-refractivity contribution in [3.8, 4) is 0 Å². The van der Waals surface area contributed by atoms with Gasteiger partial charge in [0.2, 0.25) is 0 Å². The first kappa shape index (κ1) is 16.7. The van der Waals surface area contributed by atoms with Gasteiger partial charge in [0.25, 0.3) is 0 Å². The molecule has 1 aromatic rings. The minimum Gasteiger partial charge on any atom is -0.396 e. The van der Waals surface area contributed by atoms with Crippen LogP contribution in [0.1, 0.15) is 24.8 Å². The number of thioether (sulfide) groups is 1. The molecule has 0 bridgehead atoms. The molecule has 1 unspecified atom stereocenters. The van der Waals surface area contributed by atoms with Crippen LogP contribution < -0.4 is 5.32 Å². The molecule has 21 heavy (non-hydrogen) atoms. The van der Waals surface area contributed by atoms with E-state index in [9.17, 15) is 0 Å². The van der Waals surface area contributed by atoms with Gasteiger partial charge in [-0.05, 0) is 56.3 Å². The van der Waals surface area contributed by atoms with E-state index in [1.165, 1.54) is 18.4 Å². The van der Waals surface area contributed by atoms with E-state index in [1.807, 2.05) is 24.2 Å². The van der Waals surface area contributed by atoms with E-state index in [-0.39, 0.29) is 6.61 Å². The van der Waals surface area contributed by atoms with Gasteiger partial charge >= 0.3 is 0 Å². The van der Waals surface area contributed by atoms with Crippen LogP contribution in [0.3, 0.4) is 0 Å². The Morgan fingerprint density at radius 2 is 2.10 bits per heavy atom. The highest BCUT2D eigenvalue weighted by Gasteiger charge is 2.21. The van der Waals surface area contributed by atoms with Crippen LogP contribution in [-0.2, 0) is 6.54 Å². The van der Waals surface area contributed by atoms with Crippen molar-refractivity contribution < 1.29 is 5.11 Å². The van der Waals surface area contributed by atoms with Crippen LogP contribution in [-0.4, -0.2) is 58.8 Å². The molecule has 1 saturated heterocycles. The topological polar surface area (TPSA) is 48.4 Å². The largest absolute Gasteiger partial charge is 0.396 e. The van der Waals surface area contributed by atoms with Crippen molar-refractivity contribution in [2.75, 3.05) is 31.7 Å². The van der Waals surface area contributed by atoms with Gasteiger partial charge in [-0.25, -0.2) is 0 Å². The van der Waals surface area contributed by atoms with Gasteiger partial charge in [0, 0.05) is 43.4 Å². The monoisotopic (exact) mass is 309 g/mol. The van der Waals surface area contributed by atoms with Crippen molar-refractivity contribution in [3.05, 3.63) is 30.1 Å². The molecule has 0 amide bonds. The van der Waals surface area contributed by atoms with Crippen LogP contribution in [0.2, 0.25) is 0 Å². The summed E-state index contributed by atoms with van der Waals surface area (Å²) in [5, 5.41) is 12.9. The maximum atomic E-state index is 9.14. The number of hydrogen-bond acceptors (Lipinski definition) is 5. The Hall–Kier alpha value is -0.620. The van der Waals surface area contributed by atoms with Crippen molar-refractivity contribution >= 4 is 11.8 Å². The van der Waals surface area contributed by atoms with Gasteiger partial charge in [-0.3, -0.25) is 9.88 Å². The number of aliphatic hydroxyl groups excluding tert-OH is 1. The van der Waals surface area contributed by atoms with Crippen molar-refractivity contribution in [2.24, 2.45) is 0 Å². The average molecular weight is 309 g/mol. The summed E-state index contributed by atoms with van der Waals surface area (Å²) in [5.41, 5.74) is 1.34. The van der Waals surface area contributed by atoms with Crippen LogP contribution in [0.5, 0.6) is 0 Å². The zero-order valence-electron chi connectivity index (χ0n) is 12.9. The maximum absolute atomic E-state index is 9.14. The molecule has 1 aliphatic heterocycles. The van der Waals surface area contributed by atoms with Crippen LogP contribution in [0.4, 0.5) is 0 Å². The molecule has 5 heteroatoms. The molecule has 0 aliphatic carbocycles. The minimum absolute atomic E-state index is 0.277. The number of piperidine rings is 1. The average Bonchev–Trinajstić information content (AvgIpc) is 2.51. The zero-order valence-corrected chi connectivity index (χ0v) is 13.7. The Morgan fingerprint density at radius 1 is 1.38 bits per heavy atom. The van der Waals surface area contributed by atoms with Crippen LogP contribution in [0.15, 0.2) is 24.5 Å². The van der Waals surface area contributed by atoms with E-state index < -0.39 is 0 Å². The molecule has 2 rings (SSSR count). The number of aliphatic hydroxyl groups is 1. The second-order valence-corrected chi connectivity index (χ2v) is 6.65. The number of pyridine rings is 1. The summed E-state index contributed by atoms with van der Waals surface area (Å²) in [5.74, 6) is 1.08. The Balaban J connectivity index is 1.72. The van der Waals surface area contributed by atoms with Gasteiger partial charge < -0.3 is 10.4 Å². The number of nitrogens with one attached hydrogen (secondary N) is 1. The number of hydrogen-bond donors (Lipinski definition) is 2. The maximum Gasteiger partial charge on any atom is 0.0446 e. The molecule has 1 aromatic heterocycles. The highest BCUT2D eigenvalue weighted by Crippen LogP contribution is 2.15. The predicted octanol–water partition coefficient (Wildman–Crippen LogP) is 1.75. The van der Waals surface area contributed by atoms with Crippen molar-refractivity contribution in [3.63, 3.8) is 0 Å². The SMILES string of the molecule is CSCC(CCO)NC1CCN(Cc2ccncc2)CC1. The summed E-state index contributed by atoms with van der Waals surface area (Å²) in [6, 6.07) is 5.24. The van der Waals surface area contributed by atoms with E-state index >= 15 is 0 Å². The van der Waals surface area contributed by atoms with Crippen molar-refractivity contribution in [2.45, 2.75) is 37.9 Å². The van der Waals surface area contributed by atoms with E-state index in [1.54, 1.807) is 0 Å². The number of rotatable bonds is 8. The second-order valence-electron chi connectivity index (χ2n) is 5.74. The summed E-state index contributed by atoms with van der Waals surface area (Å²) < 4.78 is 0. The fourth-order valence-electron chi connectivity index (χ4n) is 2.91. The van der Waals surface area contributed by atoms with Gasteiger partial charge in [0.1, 0.15) is 0 Å². The van der Waals surface area contributed by atoms with Crippen LogP contribution >= 0.6 is 11.8 Å². The highest BCUT2D eigenvalue weighted by atomic mass is 32.2. The third kappa shape index (κ3) is 5.94. The van der Waals surface area contributed by atoms with E-state index in [0.717, 1.165) is 31.8 Å². The molecule has 2 N–H and O–H groups in total. The van der Waals surface area contributed by atoms with Crippen LogP contribution in [0.25, 0.3) is 0 Å². The molecule has 1 atom stereocenters. The summed E-state index contributed by atoms with van der Waals surface area (Å²) in [4.78, 5) is 6.58. The van der Waals surface area contributed by atoms with Crippen LogP contribution in [0, 0.1) is 0 Å². The van der Waals surface area contributed by atoms with Gasteiger partial charge in [-0.1, -0.05) is 0 Å². The van der Waals surface area contributed by atoms with Crippen molar-refractivity contribution in [1.82, 2.24) is 15.2 Å². The molecule has 2 heterocycles. The van der Waals surface area contributed by atoms with E-state index in [2.05, 4.69) is 33.6 Å². The molecule has 1 fully saturated rings. The fourth-order valence-corrected chi connectivity index (χ4v) is 3.57.